The van der Waals surface area contributed by atoms with Crippen LogP contribution in [0.3, 0.4) is 0 Å². The minimum atomic E-state index is -0.464. The molecule has 118 valence electrons. The first-order chi connectivity index (χ1) is 9.79. The highest BCUT2D eigenvalue weighted by Crippen LogP contribution is 2.09. The highest BCUT2D eigenvalue weighted by Gasteiger charge is 2.14. The number of amides is 1. The molecule has 1 heterocycles. The SMILES string of the molecule is CC(NC/C=C/CNC(=O)OC(C)(C)C)c1ccnn1C. The largest absolute Gasteiger partial charge is 0.444 e. The Balaban J connectivity index is 2.18. The number of rotatable bonds is 6. The monoisotopic (exact) mass is 294 g/mol. The topological polar surface area (TPSA) is 68.2 Å². The third-order valence-electron chi connectivity index (χ3n) is 2.77. The first kappa shape index (κ1) is 17.2. The fraction of sp³-hybridized carbons (Fsp3) is 0.600. The number of carbonyl (C=O) groups excluding carboxylic acids is 1. The van der Waals surface area contributed by atoms with E-state index in [1.165, 1.54) is 0 Å². The second kappa shape index (κ2) is 7.83. The molecular weight excluding hydrogens is 268 g/mol. The summed E-state index contributed by atoms with van der Waals surface area (Å²) >= 11 is 0. The maximum Gasteiger partial charge on any atom is 0.407 e. The number of nitrogens with one attached hydrogen (secondary N) is 2. The van der Waals surface area contributed by atoms with Crippen LogP contribution in [0.4, 0.5) is 4.79 Å². The molecule has 6 heteroatoms. The lowest BCUT2D eigenvalue weighted by Gasteiger charge is -2.19. The van der Waals surface area contributed by atoms with E-state index < -0.39 is 11.7 Å². The molecule has 0 aliphatic heterocycles. The summed E-state index contributed by atoms with van der Waals surface area (Å²) in [5, 5.41) is 10.2. The van der Waals surface area contributed by atoms with Crippen molar-refractivity contribution >= 4 is 6.09 Å². The molecule has 1 rings (SSSR count). The predicted octanol–water partition coefficient (Wildman–Crippen LogP) is 2.15. The quantitative estimate of drug-likeness (QED) is 0.789. The van der Waals surface area contributed by atoms with Crippen molar-refractivity contribution in [3.63, 3.8) is 0 Å². The van der Waals surface area contributed by atoms with Gasteiger partial charge in [-0.15, -0.1) is 0 Å². The number of hydrogen-bond donors (Lipinski definition) is 2. The zero-order chi connectivity index (χ0) is 15.9. The van der Waals surface area contributed by atoms with Crippen LogP contribution in [0, 0.1) is 0 Å². The van der Waals surface area contributed by atoms with Gasteiger partial charge in [0.1, 0.15) is 5.60 Å². The molecule has 0 aromatic carbocycles. The number of carbonyl (C=O) groups is 1. The molecular formula is C15H26N4O2. The summed E-state index contributed by atoms with van der Waals surface area (Å²) in [5.41, 5.74) is 0.670. The highest BCUT2D eigenvalue weighted by atomic mass is 16.6. The van der Waals surface area contributed by atoms with Crippen LogP contribution in [-0.2, 0) is 11.8 Å². The Morgan fingerprint density at radius 3 is 2.67 bits per heavy atom. The van der Waals surface area contributed by atoms with E-state index in [0.29, 0.717) is 6.54 Å². The zero-order valence-electron chi connectivity index (χ0n) is 13.5. The van der Waals surface area contributed by atoms with Crippen LogP contribution in [0.15, 0.2) is 24.4 Å². The van der Waals surface area contributed by atoms with Gasteiger partial charge < -0.3 is 15.4 Å². The number of hydrogen-bond acceptors (Lipinski definition) is 4. The summed E-state index contributed by atoms with van der Waals surface area (Å²) in [6, 6.07) is 2.21. The number of aryl methyl sites for hydroxylation is 1. The van der Waals surface area contributed by atoms with E-state index >= 15 is 0 Å². The van der Waals surface area contributed by atoms with E-state index in [-0.39, 0.29) is 6.04 Å². The van der Waals surface area contributed by atoms with E-state index in [1.807, 2.05) is 50.7 Å². The fourth-order valence-corrected chi connectivity index (χ4v) is 1.78. The molecule has 1 aromatic rings. The second-order valence-corrected chi connectivity index (χ2v) is 5.86. The molecule has 0 bridgehead atoms. The number of alkyl carbamates (subject to hydrolysis) is 1. The maximum absolute atomic E-state index is 11.4. The second-order valence-electron chi connectivity index (χ2n) is 5.86. The third-order valence-corrected chi connectivity index (χ3v) is 2.77. The molecule has 0 saturated heterocycles. The summed E-state index contributed by atoms with van der Waals surface area (Å²) < 4.78 is 6.99. The molecule has 0 aliphatic rings. The average molecular weight is 294 g/mol. The lowest BCUT2D eigenvalue weighted by Crippen LogP contribution is -2.32. The van der Waals surface area contributed by atoms with Gasteiger partial charge in [0.25, 0.3) is 0 Å². The molecule has 2 N–H and O–H groups in total. The van der Waals surface area contributed by atoms with E-state index in [4.69, 9.17) is 4.74 Å². The van der Waals surface area contributed by atoms with Crippen LogP contribution < -0.4 is 10.6 Å². The summed E-state index contributed by atoms with van der Waals surface area (Å²) in [6.45, 7) is 8.79. The van der Waals surface area contributed by atoms with Gasteiger partial charge in [0.05, 0.1) is 5.69 Å². The van der Waals surface area contributed by atoms with Gasteiger partial charge in [0.15, 0.2) is 0 Å². The van der Waals surface area contributed by atoms with Gasteiger partial charge in [-0.05, 0) is 33.8 Å². The predicted molar refractivity (Wildman–Crippen MR) is 83.0 cm³/mol. The smallest absolute Gasteiger partial charge is 0.407 e. The van der Waals surface area contributed by atoms with Crippen molar-refractivity contribution in [1.82, 2.24) is 20.4 Å². The third kappa shape index (κ3) is 6.94. The summed E-state index contributed by atoms with van der Waals surface area (Å²) in [7, 11) is 1.92. The maximum atomic E-state index is 11.4. The van der Waals surface area contributed by atoms with E-state index in [2.05, 4.69) is 22.7 Å². The van der Waals surface area contributed by atoms with Crippen molar-refractivity contribution in [3.05, 3.63) is 30.1 Å². The Bertz CT molecular complexity index is 474. The van der Waals surface area contributed by atoms with Crippen LogP contribution in [0.2, 0.25) is 0 Å². The fourth-order valence-electron chi connectivity index (χ4n) is 1.78. The Kier molecular flexibility index (Phi) is 6.42. The van der Waals surface area contributed by atoms with Crippen molar-refractivity contribution in [2.45, 2.75) is 39.3 Å². The highest BCUT2D eigenvalue weighted by molar-refractivity contribution is 5.67. The lowest BCUT2D eigenvalue weighted by molar-refractivity contribution is 0.0534. The van der Waals surface area contributed by atoms with Crippen LogP contribution in [0.5, 0.6) is 0 Å². The van der Waals surface area contributed by atoms with Gasteiger partial charge >= 0.3 is 6.09 Å². The number of nitrogens with zero attached hydrogens (tertiary/aromatic N) is 2. The molecule has 1 unspecified atom stereocenters. The van der Waals surface area contributed by atoms with Crippen molar-refractivity contribution in [1.29, 1.82) is 0 Å². The molecule has 0 radical (unpaired) electrons. The Morgan fingerprint density at radius 1 is 1.43 bits per heavy atom. The van der Waals surface area contributed by atoms with Crippen molar-refractivity contribution in [2.24, 2.45) is 7.05 Å². The van der Waals surface area contributed by atoms with Crippen molar-refractivity contribution in [2.75, 3.05) is 13.1 Å². The van der Waals surface area contributed by atoms with Crippen molar-refractivity contribution < 1.29 is 9.53 Å². The van der Waals surface area contributed by atoms with E-state index in [0.717, 1.165) is 12.2 Å². The molecule has 21 heavy (non-hydrogen) atoms. The van der Waals surface area contributed by atoms with E-state index in [1.54, 1.807) is 6.20 Å². The van der Waals surface area contributed by atoms with Crippen molar-refractivity contribution in [3.8, 4) is 0 Å². The molecule has 0 aliphatic carbocycles. The van der Waals surface area contributed by atoms with Gasteiger partial charge in [0.2, 0.25) is 0 Å². The Labute approximate surface area is 126 Å². The van der Waals surface area contributed by atoms with Crippen LogP contribution in [0.1, 0.15) is 39.4 Å². The van der Waals surface area contributed by atoms with Gasteiger partial charge in [-0.1, -0.05) is 12.2 Å². The molecule has 1 aromatic heterocycles. The molecule has 1 amide bonds. The molecule has 0 spiro atoms. The van der Waals surface area contributed by atoms with Crippen LogP contribution >= 0.6 is 0 Å². The summed E-state index contributed by atoms with van der Waals surface area (Å²) in [5.74, 6) is 0. The zero-order valence-corrected chi connectivity index (χ0v) is 13.5. The minimum Gasteiger partial charge on any atom is -0.444 e. The molecule has 1 atom stereocenters. The lowest BCUT2D eigenvalue weighted by atomic mass is 10.2. The van der Waals surface area contributed by atoms with Gasteiger partial charge in [-0.3, -0.25) is 4.68 Å². The first-order valence-corrected chi connectivity index (χ1v) is 7.13. The average Bonchev–Trinajstić information content (AvgIpc) is 2.77. The molecule has 6 nitrogen and oxygen atoms in total. The Morgan fingerprint density at radius 2 is 2.10 bits per heavy atom. The number of aromatic nitrogens is 2. The molecule has 0 saturated carbocycles. The summed E-state index contributed by atoms with van der Waals surface area (Å²) in [4.78, 5) is 11.4. The normalized spacial score (nSPS) is 13.4. The van der Waals surface area contributed by atoms with Gasteiger partial charge in [-0.25, -0.2) is 4.79 Å². The van der Waals surface area contributed by atoms with E-state index in [9.17, 15) is 4.79 Å². The van der Waals surface area contributed by atoms with Gasteiger partial charge in [-0.2, -0.15) is 5.10 Å². The minimum absolute atomic E-state index is 0.223. The number of ether oxygens (including phenoxy) is 1. The summed E-state index contributed by atoms with van der Waals surface area (Å²) in [6.07, 6.45) is 5.26. The van der Waals surface area contributed by atoms with Crippen LogP contribution in [0.25, 0.3) is 0 Å². The van der Waals surface area contributed by atoms with Crippen LogP contribution in [-0.4, -0.2) is 34.6 Å². The van der Waals surface area contributed by atoms with Gasteiger partial charge in [0, 0.05) is 32.4 Å². The first-order valence-electron chi connectivity index (χ1n) is 7.13. The standard InChI is InChI=1S/C15H26N4O2/c1-12(13-8-11-18-19(13)5)16-9-6-7-10-17-14(20)21-15(2,3)4/h6-8,11-12,16H,9-10H2,1-5H3,(H,17,20)/b7-6+. The Hall–Kier alpha value is -1.82. The molecule has 0 fully saturated rings.